The first-order valence-corrected chi connectivity index (χ1v) is 4.91. The van der Waals surface area contributed by atoms with Crippen molar-refractivity contribution in [3.63, 3.8) is 0 Å². The molecule has 0 aromatic carbocycles. The Kier molecular flexibility index (Phi) is 2.41. The molecule has 0 radical (unpaired) electrons. The molecule has 2 rings (SSSR count). The van der Waals surface area contributed by atoms with Gasteiger partial charge in [0.05, 0.1) is 12.2 Å². The Balaban J connectivity index is 2.32. The van der Waals surface area contributed by atoms with Gasteiger partial charge >= 0.3 is 0 Å². The number of amides is 1. The van der Waals surface area contributed by atoms with Crippen molar-refractivity contribution in [2.24, 2.45) is 0 Å². The van der Waals surface area contributed by atoms with Gasteiger partial charge in [-0.05, 0) is 19.8 Å². The minimum absolute atomic E-state index is 0.119. The average Bonchev–Trinajstić information content (AvgIpc) is 2.40. The summed E-state index contributed by atoms with van der Waals surface area (Å²) in [5.41, 5.74) is 0.0340. The van der Waals surface area contributed by atoms with Gasteiger partial charge in [0.25, 0.3) is 5.91 Å². The van der Waals surface area contributed by atoms with E-state index < -0.39 is 5.54 Å². The zero-order valence-electron chi connectivity index (χ0n) is 7.93. The maximum Gasteiger partial charge on any atom is 0.251 e. The van der Waals surface area contributed by atoms with Crippen molar-refractivity contribution >= 4 is 17.8 Å². The fourth-order valence-electron chi connectivity index (χ4n) is 2.03. The van der Waals surface area contributed by atoms with Crippen LogP contribution in [-0.2, 0) is 13.8 Å². The van der Waals surface area contributed by atoms with Crippen LogP contribution in [0.5, 0.6) is 0 Å². The quantitative estimate of drug-likeness (QED) is 0.716. The zero-order chi connectivity index (χ0) is 10.2. The van der Waals surface area contributed by atoms with Crippen LogP contribution in [-0.4, -0.2) is 24.7 Å². The minimum Gasteiger partial charge on any atom is -0.387 e. The van der Waals surface area contributed by atoms with Gasteiger partial charge in [-0.25, -0.2) is 0 Å². The van der Waals surface area contributed by atoms with Crippen LogP contribution in [0, 0.1) is 0 Å². The van der Waals surface area contributed by atoms with Crippen molar-refractivity contribution in [1.82, 2.24) is 5.32 Å². The van der Waals surface area contributed by atoms with E-state index in [0.29, 0.717) is 17.9 Å². The van der Waals surface area contributed by atoms with Crippen LogP contribution >= 0.6 is 11.9 Å². The lowest BCUT2D eigenvalue weighted by Crippen LogP contribution is -2.51. The molecule has 1 spiro atoms. The lowest BCUT2D eigenvalue weighted by atomic mass is 9.91. The summed E-state index contributed by atoms with van der Waals surface area (Å²) in [5, 5.41) is 2.87. The Hall–Kier alpha value is -0.740. The number of hydrogen-bond acceptors (Lipinski definition) is 3. The Labute approximate surface area is 87.4 Å². The SMILES string of the molecule is CC1=C(OCl)C2(CCCOC2)NC1=O. The molecule has 1 amide bonds. The third-order valence-corrected chi connectivity index (χ3v) is 2.94. The Morgan fingerprint density at radius 2 is 2.43 bits per heavy atom. The molecule has 14 heavy (non-hydrogen) atoms. The van der Waals surface area contributed by atoms with Crippen LogP contribution in [0.1, 0.15) is 19.8 Å². The third kappa shape index (κ3) is 1.29. The Morgan fingerprint density at radius 3 is 3.00 bits per heavy atom. The molecular formula is C9H12ClNO3. The molecule has 0 aromatic rings. The van der Waals surface area contributed by atoms with Crippen molar-refractivity contribution in [2.45, 2.75) is 25.3 Å². The molecule has 78 valence electrons. The van der Waals surface area contributed by atoms with Crippen molar-refractivity contribution in [3.05, 3.63) is 11.3 Å². The molecule has 0 bridgehead atoms. The van der Waals surface area contributed by atoms with E-state index in [-0.39, 0.29) is 5.91 Å². The van der Waals surface area contributed by atoms with E-state index in [2.05, 4.69) is 5.32 Å². The van der Waals surface area contributed by atoms with Crippen molar-refractivity contribution < 1.29 is 13.8 Å². The van der Waals surface area contributed by atoms with E-state index in [4.69, 9.17) is 20.9 Å². The largest absolute Gasteiger partial charge is 0.387 e. The van der Waals surface area contributed by atoms with Gasteiger partial charge in [0, 0.05) is 6.61 Å². The molecule has 2 aliphatic heterocycles. The van der Waals surface area contributed by atoms with Crippen molar-refractivity contribution in [2.75, 3.05) is 13.2 Å². The van der Waals surface area contributed by atoms with E-state index in [0.717, 1.165) is 19.4 Å². The normalized spacial score (nSPS) is 32.3. The van der Waals surface area contributed by atoms with Crippen LogP contribution < -0.4 is 5.32 Å². The highest BCUT2D eigenvalue weighted by Gasteiger charge is 2.47. The van der Waals surface area contributed by atoms with Crippen molar-refractivity contribution in [1.29, 1.82) is 0 Å². The standard InChI is InChI=1S/C9H12ClNO3/c1-6-7(14-10)9(11-8(6)12)3-2-4-13-5-9/h2-5H2,1H3,(H,11,12). The third-order valence-electron chi connectivity index (χ3n) is 2.79. The monoisotopic (exact) mass is 217 g/mol. The molecule has 0 saturated carbocycles. The molecule has 0 aliphatic carbocycles. The van der Waals surface area contributed by atoms with Gasteiger partial charge in [-0.3, -0.25) is 4.79 Å². The number of halogens is 1. The maximum atomic E-state index is 11.5. The summed E-state index contributed by atoms with van der Waals surface area (Å²) < 4.78 is 10.1. The van der Waals surface area contributed by atoms with Crippen LogP contribution in [0.4, 0.5) is 0 Å². The zero-order valence-corrected chi connectivity index (χ0v) is 8.69. The predicted octanol–water partition coefficient (Wildman–Crippen LogP) is 1.11. The molecule has 2 aliphatic rings. The molecule has 1 atom stereocenters. The predicted molar refractivity (Wildman–Crippen MR) is 50.6 cm³/mol. The van der Waals surface area contributed by atoms with E-state index in [1.54, 1.807) is 6.92 Å². The molecule has 1 unspecified atom stereocenters. The van der Waals surface area contributed by atoms with Crippen LogP contribution in [0.25, 0.3) is 0 Å². The van der Waals surface area contributed by atoms with E-state index >= 15 is 0 Å². The van der Waals surface area contributed by atoms with Gasteiger partial charge in [-0.15, -0.1) is 0 Å². The topological polar surface area (TPSA) is 47.6 Å². The average molecular weight is 218 g/mol. The number of ether oxygens (including phenoxy) is 1. The molecule has 1 saturated heterocycles. The first kappa shape index (κ1) is 9.80. The summed E-state index contributed by atoms with van der Waals surface area (Å²) in [6, 6.07) is 0. The Bertz CT molecular complexity index is 294. The smallest absolute Gasteiger partial charge is 0.251 e. The molecule has 0 aromatic heterocycles. The van der Waals surface area contributed by atoms with Gasteiger partial charge in [-0.2, -0.15) is 0 Å². The van der Waals surface area contributed by atoms with Gasteiger partial charge in [0.1, 0.15) is 17.4 Å². The fourth-order valence-corrected chi connectivity index (χ4v) is 2.30. The van der Waals surface area contributed by atoms with Crippen LogP contribution in [0.15, 0.2) is 11.3 Å². The van der Waals surface area contributed by atoms with Crippen LogP contribution in [0.3, 0.4) is 0 Å². The van der Waals surface area contributed by atoms with Gasteiger partial charge in [0.15, 0.2) is 5.76 Å². The van der Waals surface area contributed by atoms with Gasteiger partial charge in [0.2, 0.25) is 0 Å². The number of carbonyl (C=O) groups is 1. The van der Waals surface area contributed by atoms with Gasteiger partial charge in [-0.1, -0.05) is 0 Å². The summed E-state index contributed by atoms with van der Waals surface area (Å²) in [7, 11) is 0. The number of carbonyl (C=O) groups excluding carboxylic acids is 1. The maximum absolute atomic E-state index is 11.5. The van der Waals surface area contributed by atoms with E-state index in [1.807, 2.05) is 0 Å². The molecular weight excluding hydrogens is 206 g/mol. The highest BCUT2D eigenvalue weighted by Crippen LogP contribution is 2.35. The molecule has 5 heteroatoms. The summed E-state index contributed by atoms with van der Waals surface area (Å²) in [5.74, 6) is 0.398. The lowest BCUT2D eigenvalue weighted by molar-refractivity contribution is -0.118. The van der Waals surface area contributed by atoms with E-state index in [9.17, 15) is 4.79 Å². The molecule has 1 fully saturated rings. The highest BCUT2D eigenvalue weighted by atomic mass is 35.5. The van der Waals surface area contributed by atoms with E-state index in [1.165, 1.54) is 0 Å². The first-order valence-electron chi connectivity index (χ1n) is 4.60. The minimum atomic E-state index is -0.513. The van der Waals surface area contributed by atoms with Gasteiger partial charge < -0.3 is 14.3 Å². The molecule has 1 N–H and O–H groups in total. The lowest BCUT2D eigenvalue weighted by Gasteiger charge is -2.33. The summed E-state index contributed by atoms with van der Waals surface area (Å²) >= 11 is 5.39. The second-order valence-corrected chi connectivity index (χ2v) is 3.88. The van der Waals surface area contributed by atoms with Crippen LogP contribution in [0.2, 0.25) is 0 Å². The Morgan fingerprint density at radius 1 is 1.64 bits per heavy atom. The van der Waals surface area contributed by atoms with Crippen molar-refractivity contribution in [3.8, 4) is 0 Å². The molecule has 2 heterocycles. The number of rotatable bonds is 1. The number of hydrogen-bond donors (Lipinski definition) is 1. The number of nitrogens with one attached hydrogen (secondary N) is 1. The second kappa shape index (κ2) is 3.44. The molecule has 4 nitrogen and oxygen atoms in total. The summed E-state index contributed by atoms with van der Waals surface area (Å²) in [6.45, 7) is 2.88. The first-order chi connectivity index (χ1) is 6.69. The highest BCUT2D eigenvalue weighted by molar-refractivity contribution is 6.09. The second-order valence-electron chi connectivity index (χ2n) is 3.72. The summed E-state index contributed by atoms with van der Waals surface area (Å²) in [4.78, 5) is 11.5. The summed E-state index contributed by atoms with van der Waals surface area (Å²) in [6.07, 6.45) is 1.72. The fraction of sp³-hybridized carbons (Fsp3) is 0.667.